The van der Waals surface area contributed by atoms with Gasteiger partial charge in [-0.3, -0.25) is 4.79 Å². The fourth-order valence-corrected chi connectivity index (χ4v) is 4.32. The van der Waals surface area contributed by atoms with Crippen molar-refractivity contribution in [3.63, 3.8) is 0 Å². The molecule has 0 spiro atoms. The Morgan fingerprint density at radius 2 is 1.76 bits per heavy atom. The molecule has 2 unspecified atom stereocenters. The van der Waals surface area contributed by atoms with Crippen molar-refractivity contribution in [1.82, 2.24) is 19.7 Å². The molecule has 1 amide bonds. The molecule has 0 radical (unpaired) electrons. The highest BCUT2D eigenvalue weighted by molar-refractivity contribution is 5.78. The van der Waals surface area contributed by atoms with E-state index in [1.54, 1.807) is 0 Å². The number of hydrogen-bond donors (Lipinski definition) is 1. The van der Waals surface area contributed by atoms with Gasteiger partial charge in [-0.05, 0) is 11.0 Å². The standard InChI is InChI=1S/C26H32N4O3/c1-26(2,3)23(29-14-20(16-31)17-33-18-22(29)32)25-27-24(21-12-8-5-9-13-21)28-30(25)15-19-10-6-4-7-11-19/h4-13,20,23,31H,14-18H2,1-3H3. The highest BCUT2D eigenvalue weighted by Crippen LogP contribution is 2.39. The molecule has 1 fully saturated rings. The number of rotatable bonds is 6. The van der Waals surface area contributed by atoms with Crippen LogP contribution < -0.4 is 0 Å². The van der Waals surface area contributed by atoms with Gasteiger partial charge < -0.3 is 14.7 Å². The predicted molar refractivity (Wildman–Crippen MR) is 126 cm³/mol. The normalized spacial score (nSPS) is 18.2. The van der Waals surface area contributed by atoms with Gasteiger partial charge in [0.2, 0.25) is 5.91 Å². The summed E-state index contributed by atoms with van der Waals surface area (Å²) in [6.07, 6.45) is 0. The van der Waals surface area contributed by atoms with Crippen LogP contribution in [0, 0.1) is 11.3 Å². The third kappa shape index (κ3) is 5.31. The van der Waals surface area contributed by atoms with Crippen LogP contribution in [0.5, 0.6) is 0 Å². The molecule has 2 atom stereocenters. The first kappa shape index (κ1) is 23.1. The molecular weight excluding hydrogens is 416 g/mol. The Hall–Kier alpha value is -3.03. The highest BCUT2D eigenvalue weighted by atomic mass is 16.5. The molecule has 1 aliphatic rings. The Bertz CT molecular complexity index is 1060. The summed E-state index contributed by atoms with van der Waals surface area (Å²) >= 11 is 0. The van der Waals surface area contributed by atoms with Crippen LogP contribution in [0.3, 0.4) is 0 Å². The largest absolute Gasteiger partial charge is 0.396 e. The van der Waals surface area contributed by atoms with Gasteiger partial charge in [0.25, 0.3) is 0 Å². The van der Waals surface area contributed by atoms with Crippen molar-refractivity contribution in [2.45, 2.75) is 33.4 Å². The smallest absolute Gasteiger partial charge is 0.249 e. The molecule has 0 saturated carbocycles. The first-order chi connectivity index (χ1) is 15.9. The van der Waals surface area contributed by atoms with E-state index in [1.807, 2.05) is 58.1 Å². The molecule has 0 bridgehead atoms. The van der Waals surface area contributed by atoms with Crippen molar-refractivity contribution in [3.05, 3.63) is 72.1 Å². The summed E-state index contributed by atoms with van der Waals surface area (Å²) in [4.78, 5) is 20.0. The number of carbonyl (C=O) groups excluding carboxylic acids is 1. The molecule has 1 saturated heterocycles. The average Bonchev–Trinajstić information content (AvgIpc) is 3.11. The van der Waals surface area contributed by atoms with Crippen molar-refractivity contribution in [2.24, 2.45) is 11.3 Å². The summed E-state index contributed by atoms with van der Waals surface area (Å²) in [6, 6.07) is 19.7. The van der Waals surface area contributed by atoms with E-state index < -0.39 is 0 Å². The fraction of sp³-hybridized carbons (Fsp3) is 0.423. The second-order valence-corrected chi connectivity index (χ2v) is 9.68. The summed E-state index contributed by atoms with van der Waals surface area (Å²) in [5, 5.41) is 14.7. The van der Waals surface area contributed by atoms with Gasteiger partial charge in [0.05, 0.1) is 19.2 Å². The minimum Gasteiger partial charge on any atom is -0.396 e. The molecule has 2 aromatic carbocycles. The Labute approximate surface area is 195 Å². The second kappa shape index (κ2) is 9.85. The quantitative estimate of drug-likeness (QED) is 0.624. The predicted octanol–water partition coefficient (Wildman–Crippen LogP) is 3.55. The van der Waals surface area contributed by atoms with Crippen LogP contribution in [-0.2, 0) is 16.1 Å². The van der Waals surface area contributed by atoms with Crippen LogP contribution in [0.15, 0.2) is 60.7 Å². The Balaban J connectivity index is 1.83. The number of aliphatic hydroxyl groups excluding tert-OH is 1. The van der Waals surface area contributed by atoms with Gasteiger partial charge in [-0.1, -0.05) is 81.4 Å². The van der Waals surface area contributed by atoms with E-state index in [0.717, 1.165) is 17.0 Å². The zero-order valence-electron chi connectivity index (χ0n) is 19.5. The molecule has 0 aliphatic carbocycles. The van der Waals surface area contributed by atoms with Crippen LogP contribution in [0.4, 0.5) is 0 Å². The molecule has 33 heavy (non-hydrogen) atoms. The minimum absolute atomic E-state index is 0.00143. The molecular formula is C26H32N4O3. The zero-order chi connectivity index (χ0) is 23.4. The number of hydrogen-bond acceptors (Lipinski definition) is 5. The summed E-state index contributed by atoms with van der Waals surface area (Å²) in [7, 11) is 0. The third-order valence-electron chi connectivity index (χ3n) is 5.90. The monoisotopic (exact) mass is 448 g/mol. The third-order valence-corrected chi connectivity index (χ3v) is 5.90. The van der Waals surface area contributed by atoms with E-state index in [-0.39, 0.29) is 36.5 Å². The Morgan fingerprint density at radius 3 is 2.39 bits per heavy atom. The lowest BCUT2D eigenvalue weighted by atomic mass is 9.84. The second-order valence-electron chi connectivity index (χ2n) is 9.68. The van der Waals surface area contributed by atoms with E-state index in [4.69, 9.17) is 14.8 Å². The van der Waals surface area contributed by atoms with Crippen molar-refractivity contribution in [3.8, 4) is 11.4 Å². The summed E-state index contributed by atoms with van der Waals surface area (Å²) in [5.41, 5.74) is 1.71. The van der Waals surface area contributed by atoms with Crippen molar-refractivity contribution in [2.75, 3.05) is 26.4 Å². The Morgan fingerprint density at radius 1 is 1.09 bits per heavy atom. The summed E-state index contributed by atoms with van der Waals surface area (Å²) in [5.74, 6) is 1.13. The van der Waals surface area contributed by atoms with Crippen LogP contribution in [0.2, 0.25) is 0 Å². The number of carbonyl (C=O) groups is 1. The number of aliphatic hydroxyl groups is 1. The van der Waals surface area contributed by atoms with Crippen molar-refractivity contribution >= 4 is 5.91 Å². The fourth-order valence-electron chi connectivity index (χ4n) is 4.32. The lowest BCUT2D eigenvalue weighted by Gasteiger charge is -2.39. The van der Waals surface area contributed by atoms with E-state index in [9.17, 15) is 9.90 Å². The number of aromatic nitrogens is 3. The lowest BCUT2D eigenvalue weighted by Crippen LogP contribution is -2.45. The Kier molecular flexibility index (Phi) is 6.91. The lowest BCUT2D eigenvalue weighted by molar-refractivity contribution is -0.139. The molecule has 3 aromatic rings. The van der Waals surface area contributed by atoms with Crippen LogP contribution in [0.1, 0.15) is 38.2 Å². The SMILES string of the molecule is CC(C)(C)C(c1nc(-c2ccccc2)nn1Cc1ccccc1)N1CC(CO)COCC1=O. The topological polar surface area (TPSA) is 80.5 Å². The molecule has 2 heterocycles. The van der Waals surface area contributed by atoms with Crippen molar-refractivity contribution in [1.29, 1.82) is 0 Å². The minimum atomic E-state index is -0.338. The maximum Gasteiger partial charge on any atom is 0.249 e. The van der Waals surface area contributed by atoms with Crippen LogP contribution in [-0.4, -0.2) is 57.0 Å². The van der Waals surface area contributed by atoms with Gasteiger partial charge in [-0.15, -0.1) is 0 Å². The summed E-state index contributed by atoms with van der Waals surface area (Å²) < 4.78 is 7.46. The van der Waals surface area contributed by atoms with Gasteiger partial charge in [-0.2, -0.15) is 5.10 Å². The highest BCUT2D eigenvalue weighted by Gasteiger charge is 2.40. The van der Waals surface area contributed by atoms with Crippen molar-refractivity contribution < 1.29 is 14.6 Å². The average molecular weight is 449 g/mol. The van der Waals surface area contributed by atoms with E-state index in [1.165, 1.54) is 0 Å². The number of benzene rings is 2. The molecule has 4 rings (SSSR count). The van der Waals surface area contributed by atoms with Gasteiger partial charge in [0.15, 0.2) is 11.6 Å². The molecule has 1 N–H and O–H groups in total. The molecule has 1 aliphatic heterocycles. The number of nitrogens with zero attached hydrogens (tertiary/aromatic N) is 4. The maximum absolute atomic E-state index is 13.1. The molecule has 7 nitrogen and oxygen atoms in total. The summed E-state index contributed by atoms with van der Waals surface area (Å²) in [6.45, 7) is 7.60. The number of ether oxygens (including phenoxy) is 1. The molecule has 174 valence electrons. The zero-order valence-corrected chi connectivity index (χ0v) is 19.5. The van der Waals surface area contributed by atoms with E-state index in [2.05, 4.69) is 32.9 Å². The first-order valence-electron chi connectivity index (χ1n) is 11.4. The van der Waals surface area contributed by atoms with E-state index in [0.29, 0.717) is 25.5 Å². The van der Waals surface area contributed by atoms with Gasteiger partial charge in [-0.25, -0.2) is 9.67 Å². The molecule has 7 heteroatoms. The molecule has 1 aromatic heterocycles. The maximum atomic E-state index is 13.1. The number of amides is 1. The van der Waals surface area contributed by atoms with E-state index >= 15 is 0 Å². The van der Waals surface area contributed by atoms with Crippen LogP contribution in [0.25, 0.3) is 11.4 Å². The first-order valence-corrected chi connectivity index (χ1v) is 11.4. The van der Waals surface area contributed by atoms with Gasteiger partial charge >= 0.3 is 0 Å². The van der Waals surface area contributed by atoms with Gasteiger partial charge in [0, 0.05) is 24.6 Å². The van der Waals surface area contributed by atoms with Gasteiger partial charge in [0.1, 0.15) is 6.61 Å². The van der Waals surface area contributed by atoms with Crippen LogP contribution >= 0.6 is 0 Å².